The average molecular weight is 212 g/mol. The van der Waals surface area contributed by atoms with E-state index < -0.39 is 5.97 Å². The molecule has 0 amide bonds. The van der Waals surface area contributed by atoms with E-state index in [1.165, 1.54) is 24.6 Å². The minimum absolute atomic E-state index is 0.197. The number of hydrogen-bond acceptors (Lipinski definition) is 3. The predicted molar refractivity (Wildman–Crippen MR) is 53.5 cm³/mol. The fourth-order valence-electron chi connectivity index (χ4n) is 1.27. The third kappa shape index (κ3) is 2.29. The van der Waals surface area contributed by atoms with Crippen LogP contribution in [0.1, 0.15) is 25.3 Å². The molecule has 1 fully saturated rings. The molecule has 0 radical (unpaired) electrons. The van der Waals surface area contributed by atoms with Crippen LogP contribution in [0.5, 0.6) is 0 Å². The lowest BCUT2D eigenvalue weighted by Gasteiger charge is -2.03. The first-order chi connectivity index (χ1) is 6.77. The van der Waals surface area contributed by atoms with Gasteiger partial charge in [-0.15, -0.1) is 0 Å². The molecule has 1 aromatic rings. The number of aromatic nitrogens is 2. The third-order valence-electron chi connectivity index (χ3n) is 2.12. The quantitative estimate of drug-likeness (QED) is 0.756. The molecule has 1 heterocycles. The van der Waals surface area contributed by atoms with Gasteiger partial charge in [0, 0.05) is 24.2 Å². The molecule has 0 aromatic carbocycles. The first-order valence-electron chi connectivity index (χ1n) is 4.65. The summed E-state index contributed by atoms with van der Waals surface area (Å²) in [4.78, 5) is 14.5. The van der Waals surface area contributed by atoms with Crippen molar-refractivity contribution in [3.05, 3.63) is 12.4 Å². The molecular formula is C9H12N2O2S. The van der Waals surface area contributed by atoms with Gasteiger partial charge in [-0.3, -0.25) is 4.79 Å². The molecule has 0 saturated heterocycles. The maximum atomic E-state index is 10.3. The normalized spacial score (nSPS) is 15.7. The number of aliphatic carboxylic acids is 1. The van der Waals surface area contributed by atoms with E-state index in [0.717, 1.165) is 5.16 Å². The lowest BCUT2D eigenvalue weighted by atomic mass is 10.5. The maximum Gasteiger partial charge on any atom is 0.304 e. The van der Waals surface area contributed by atoms with Crippen molar-refractivity contribution in [3.63, 3.8) is 0 Å². The van der Waals surface area contributed by atoms with E-state index >= 15 is 0 Å². The molecule has 1 saturated carbocycles. The minimum Gasteiger partial charge on any atom is -0.481 e. The number of carboxylic acid groups (broad SMARTS) is 1. The fraction of sp³-hybridized carbons (Fsp3) is 0.556. The Hall–Kier alpha value is -0.970. The highest BCUT2D eigenvalue weighted by Gasteiger charge is 2.25. The van der Waals surface area contributed by atoms with E-state index in [2.05, 4.69) is 9.55 Å². The SMILES string of the molecule is O=C(O)CCSc1nccn1C1CC1. The molecule has 76 valence electrons. The van der Waals surface area contributed by atoms with E-state index in [-0.39, 0.29) is 6.42 Å². The summed E-state index contributed by atoms with van der Waals surface area (Å²) in [7, 11) is 0. The van der Waals surface area contributed by atoms with Crippen molar-refractivity contribution in [2.24, 2.45) is 0 Å². The molecule has 4 nitrogen and oxygen atoms in total. The van der Waals surface area contributed by atoms with Crippen LogP contribution in [0.15, 0.2) is 17.6 Å². The Morgan fingerprint density at radius 1 is 1.71 bits per heavy atom. The van der Waals surface area contributed by atoms with Crippen LogP contribution >= 0.6 is 11.8 Å². The number of imidazole rings is 1. The van der Waals surface area contributed by atoms with Gasteiger partial charge in [0.15, 0.2) is 5.16 Å². The summed E-state index contributed by atoms with van der Waals surface area (Å²) in [5.41, 5.74) is 0. The summed E-state index contributed by atoms with van der Waals surface area (Å²) in [6.07, 6.45) is 6.40. The first kappa shape index (κ1) is 9.58. The Morgan fingerprint density at radius 3 is 3.14 bits per heavy atom. The fourth-order valence-corrected chi connectivity index (χ4v) is 2.23. The Morgan fingerprint density at radius 2 is 2.50 bits per heavy atom. The predicted octanol–water partition coefficient (Wildman–Crippen LogP) is 1.78. The third-order valence-corrected chi connectivity index (χ3v) is 3.10. The molecule has 0 unspecified atom stereocenters. The number of rotatable bonds is 5. The minimum atomic E-state index is -0.748. The second-order valence-corrected chi connectivity index (χ2v) is 4.40. The topological polar surface area (TPSA) is 55.1 Å². The highest BCUT2D eigenvalue weighted by atomic mass is 32.2. The molecule has 0 spiro atoms. The highest BCUT2D eigenvalue weighted by Crippen LogP contribution is 2.37. The van der Waals surface area contributed by atoms with Crippen LogP contribution in [0, 0.1) is 0 Å². The van der Waals surface area contributed by atoms with E-state index in [9.17, 15) is 4.79 Å². The Kier molecular flexibility index (Phi) is 2.77. The number of carboxylic acids is 1. The van der Waals surface area contributed by atoms with Gasteiger partial charge in [0.2, 0.25) is 0 Å². The lowest BCUT2D eigenvalue weighted by Crippen LogP contribution is -1.99. The molecule has 14 heavy (non-hydrogen) atoms. The summed E-state index contributed by atoms with van der Waals surface area (Å²) in [5.74, 6) is -0.152. The number of carbonyl (C=O) groups is 1. The molecule has 0 aliphatic heterocycles. The van der Waals surface area contributed by atoms with Crippen molar-refractivity contribution < 1.29 is 9.90 Å². The first-order valence-corrected chi connectivity index (χ1v) is 5.63. The van der Waals surface area contributed by atoms with Crippen molar-refractivity contribution in [1.29, 1.82) is 0 Å². The molecule has 1 aliphatic rings. The van der Waals surface area contributed by atoms with Crippen LogP contribution in [0.3, 0.4) is 0 Å². The van der Waals surface area contributed by atoms with Gasteiger partial charge in [-0.25, -0.2) is 4.98 Å². The Bertz CT molecular complexity index is 333. The van der Waals surface area contributed by atoms with Crippen LogP contribution in [-0.4, -0.2) is 26.4 Å². The second-order valence-electron chi connectivity index (χ2n) is 3.34. The molecule has 5 heteroatoms. The van der Waals surface area contributed by atoms with Crippen molar-refractivity contribution in [1.82, 2.24) is 9.55 Å². The molecule has 2 rings (SSSR count). The lowest BCUT2D eigenvalue weighted by molar-refractivity contribution is -0.136. The van der Waals surface area contributed by atoms with Crippen LogP contribution in [0.4, 0.5) is 0 Å². The summed E-state index contributed by atoms with van der Waals surface area (Å²) >= 11 is 1.52. The zero-order chi connectivity index (χ0) is 9.97. The molecule has 0 bridgehead atoms. The largest absolute Gasteiger partial charge is 0.481 e. The van der Waals surface area contributed by atoms with Gasteiger partial charge in [0.25, 0.3) is 0 Å². The van der Waals surface area contributed by atoms with Crippen molar-refractivity contribution >= 4 is 17.7 Å². The smallest absolute Gasteiger partial charge is 0.304 e. The molecule has 0 atom stereocenters. The molecule has 1 aliphatic carbocycles. The number of nitrogens with zero attached hydrogens (tertiary/aromatic N) is 2. The van der Waals surface area contributed by atoms with Crippen LogP contribution in [-0.2, 0) is 4.79 Å². The van der Waals surface area contributed by atoms with Gasteiger partial charge < -0.3 is 9.67 Å². The van der Waals surface area contributed by atoms with Crippen LogP contribution in [0.2, 0.25) is 0 Å². The van der Waals surface area contributed by atoms with Gasteiger partial charge >= 0.3 is 5.97 Å². The van der Waals surface area contributed by atoms with E-state index in [0.29, 0.717) is 11.8 Å². The average Bonchev–Trinajstić information content (AvgIpc) is 2.87. The number of thioether (sulfide) groups is 1. The van der Waals surface area contributed by atoms with Gasteiger partial charge in [-0.2, -0.15) is 0 Å². The summed E-state index contributed by atoms with van der Waals surface area (Å²) in [5, 5.41) is 9.44. The van der Waals surface area contributed by atoms with Crippen LogP contribution < -0.4 is 0 Å². The van der Waals surface area contributed by atoms with Gasteiger partial charge in [-0.1, -0.05) is 11.8 Å². The Balaban J connectivity index is 1.88. The molecule has 1 aromatic heterocycles. The zero-order valence-electron chi connectivity index (χ0n) is 7.72. The Labute approximate surface area is 86.3 Å². The molecular weight excluding hydrogens is 200 g/mol. The van der Waals surface area contributed by atoms with Crippen molar-refractivity contribution in [2.45, 2.75) is 30.5 Å². The van der Waals surface area contributed by atoms with E-state index in [1.807, 2.05) is 6.20 Å². The summed E-state index contributed by atoms with van der Waals surface area (Å²) in [6, 6.07) is 0.616. The summed E-state index contributed by atoms with van der Waals surface area (Å²) in [6.45, 7) is 0. The zero-order valence-corrected chi connectivity index (χ0v) is 8.54. The standard InChI is InChI=1S/C9H12N2O2S/c12-8(13)3-6-14-9-10-4-5-11(9)7-1-2-7/h4-5,7H,1-3,6H2,(H,12,13). The van der Waals surface area contributed by atoms with Crippen LogP contribution in [0.25, 0.3) is 0 Å². The van der Waals surface area contributed by atoms with Gasteiger partial charge in [-0.05, 0) is 12.8 Å². The van der Waals surface area contributed by atoms with Crippen molar-refractivity contribution in [2.75, 3.05) is 5.75 Å². The second kappa shape index (κ2) is 4.04. The van der Waals surface area contributed by atoms with E-state index in [1.54, 1.807) is 6.20 Å². The molecule has 1 N–H and O–H groups in total. The van der Waals surface area contributed by atoms with Crippen molar-refractivity contribution in [3.8, 4) is 0 Å². The van der Waals surface area contributed by atoms with E-state index in [4.69, 9.17) is 5.11 Å². The monoisotopic (exact) mass is 212 g/mol. The van der Waals surface area contributed by atoms with Gasteiger partial charge in [0.1, 0.15) is 0 Å². The summed E-state index contributed by atoms with van der Waals surface area (Å²) < 4.78 is 2.15. The maximum absolute atomic E-state index is 10.3. The van der Waals surface area contributed by atoms with Gasteiger partial charge in [0.05, 0.1) is 6.42 Å². The highest BCUT2D eigenvalue weighted by molar-refractivity contribution is 7.99. The number of hydrogen-bond donors (Lipinski definition) is 1.